The number of nitrogens with zero attached hydrogens (tertiary/aromatic N) is 2. The third kappa shape index (κ3) is 9.11. The van der Waals surface area contributed by atoms with E-state index >= 15 is 0 Å². The molecule has 1 aliphatic rings. The number of non-ortho nitro benzene ring substituents is 1. The maximum absolute atomic E-state index is 12.4. The minimum atomic E-state index is -3.67. The minimum absolute atomic E-state index is 0.0454. The van der Waals surface area contributed by atoms with Gasteiger partial charge in [0.15, 0.2) is 0 Å². The molecule has 1 fully saturated rings. The van der Waals surface area contributed by atoms with E-state index in [0.29, 0.717) is 6.54 Å². The summed E-state index contributed by atoms with van der Waals surface area (Å²) in [6, 6.07) is 4.94. The van der Waals surface area contributed by atoms with Gasteiger partial charge in [-0.25, -0.2) is 13.1 Å². The number of nitro benzene ring substituents is 1. The third-order valence-corrected chi connectivity index (χ3v) is 7.43. The van der Waals surface area contributed by atoms with E-state index in [9.17, 15) is 18.5 Å². The second-order valence-electron chi connectivity index (χ2n) is 8.25. The molecular formula is C22H37N3O6S. The summed E-state index contributed by atoms with van der Waals surface area (Å²) >= 11 is 0. The number of nitrogens with one attached hydrogen (secondary N) is 1. The van der Waals surface area contributed by atoms with Crippen molar-refractivity contribution in [2.45, 2.75) is 56.4 Å². The highest BCUT2D eigenvalue weighted by Gasteiger charge is 2.24. The molecule has 0 amide bonds. The Morgan fingerprint density at radius 3 is 2.38 bits per heavy atom. The van der Waals surface area contributed by atoms with Crippen molar-refractivity contribution in [2.75, 3.05) is 46.5 Å². The lowest BCUT2D eigenvalue weighted by Gasteiger charge is -2.28. The number of sulfonamides is 1. The second kappa shape index (κ2) is 13.8. The fourth-order valence-corrected chi connectivity index (χ4v) is 5.01. The van der Waals surface area contributed by atoms with E-state index in [1.807, 2.05) is 0 Å². The number of nitro groups is 1. The van der Waals surface area contributed by atoms with Crippen LogP contribution in [-0.2, 0) is 19.5 Å². The Labute approximate surface area is 191 Å². The molecule has 1 saturated carbocycles. The van der Waals surface area contributed by atoms with Crippen LogP contribution in [0.3, 0.4) is 0 Å². The number of ether oxygens (including phenoxy) is 2. The van der Waals surface area contributed by atoms with E-state index in [4.69, 9.17) is 9.47 Å². The van der Waals surface area contributed by atoms with E-state index in [1.165, 1.54) is 24.3 Å². The number of unbranched alkanes of at least 4 members (excludes halogenated alkanes) is 1. The lowest BCUT2D eigenvalue weighted by molar-refractivity contribution is -0.384. The Balaban J connectivity index is 1.62. The molecule has 0 heterocycles. The van der Waals surface area contributed by atoms with Gasteiger partial charge in [-0.15, -0.1) is 0 Å². The van der Waals surface area contributed by atoms with Crippen LogP contribution in [0.4, 0.5) is 5.69 Å². The molecule has 1 aromatic rings. The van der Waals surface area contributed by atoms with Gasteiger partial charge < -0.3 is 14.4 Å². The third-order valence-electron chi connectivity index (χ3n) is 5.99. The van der Waals surface area contributed by atoms with Crippen LogP contribution in [0.5, 0.6) is 0 Å². The Morgan fingerprint density at radius 1 is 1.09 bits per heavy atom. The van der Waals surface area contributed by atoms with Gasteiger partial charge >= 0.3 is 0 Å². The number of benzene rings is 1. The Hall–Kier alpha value is -1.59. The standard InChI is InChI=1S/C22H37N3O6S/c1-3-24(15-17-30-2)14-4-5-16-31-21-10-6-19(7-11-21)18-23-32(28,29)22-12-8-20(9-13-22)25(26)27/h8-9,12-13,19,21,23H,3-7,10-11,14-18H2,1-2H3. The first-order chi connectivity index (χ1) is 15.4. The molecule has 32 heavy (non-hydrogen) atoms. The molecule has 0 bridgehead atoms. The molecular weight excluding hydrogens is 434 g/mol. The van der Waals surface area contributed by atoms with Gasteiger partial charge in [-0.2, -0.15) is 0 Å². The van der Waals surface area contributed by atoms with E-state index in [1.54, 1.807) is 7.11 Å². The molecule has 9 nitrogen and oxygen atoms in total. The van der Waals surface area contributed by atoms with Crippen LogP contribution in [0.1, 0.15) is 45.4 Å². The summed E-state index contributed by atoms with van der Waals surface area (Å²) in [4.78, 5) is 12.6. The number of hydrogen-bond donors (Lipinski definition) is 1. The topological polar surface area (TPSA) is 111 Å². The normalized spacial score (nSPS) is 19.3. The second-order valence-corrected chi connectivity index (χ2v) is 10.0. The Bertz CT molecular complexity index is 779. The molecule has 10 heteroatoms. The zero-order valence-corrected chi connectivity index (χ0v) is 20.0. The van der Waals surface area contributed by atoms with Crippen LogP contribution in [0.15, 0.2) is 29.2 Å². The molecule has 182 valence electrons. The van der Waals surface area contributed by atoms with Gasteiger partial charge in [-0.1, -0.05) is 6.92 Å². The summed E-state index contributed by atoms with van der Waals surface area (Å²) in [5.74, 6) is 0.279. The lowest BCUT2D eigenvalue weighted by atomic mass is 9.87. The average Bonchev–Trinajstić information content (AvgIpc) is 2.80. The molecule has 1 N–H and O–H groups in total. The summed E-state index contributed by atoms with van der Waals surface area (Å²) in [7, 11) is -1.94. The van der Waals surface area contributed by atoms with Crippen molar-refractivity contribution in [1.82, 2.24) is 9.62 Å². The molecule has 1 aliphatic carbocycles. The molecule has 0 atom stereocenters. The number of methoxy groups -OCH3 is 1. The van der Waals surface area contributed by atoms with Crippen LogP contribution < -0.4 is 4.72 Å². The maximum Gasteiger partial charge on any atom is 0.269 e. The highest BCUT2D eigenvalue weighted by Crippen LogP contribution is 2.26. The highest BCUT2D eigenvalue weighted by atomic mass is 32.2. The molecule has 2 rings (SSSR count). The van der Waals surface area contributed by atoms with Crippen LogP contribution >= 0.6 is 0 Å². The van der Waals surface area contributed by atoms with Crippen LogP contribution in [-0.4, -0.2) is 70.8 Å². The Kier molecular flexibility index (Phi) is 11.5. The minimum Gasteiger partial charge on any atom is -0.383 e. The largest absolute Gasteiger partial charge is 0.383 e. The van der Waals surface area contributed by atoms with Gasteiger partial charge in [0.25, 0.3) is 5.69 Å². The first-order valence-electron chi connectivity index (χ1n) is 11.4. The summed E-state index contributed by atoms with van der Waals surface area (Å²) in [6.45, 7) is 7.12. The predicted molar refractivity (Wildman–Crippen MR) is 123 cm³/mol. The van der Waals surface area contributed by atoms with E-state index < -0.39 is 14.9 Å². The van der Waals surface area contributed by atoms with Gasteiger partial charge in [0.1, 0.15) is 0 Å². The van der Waals surface area contributed by atoms with Crippen molar-refractivity contribution in [1.29, 1.82) is 0 Å². The molecule has 0 saturated heterocycles. The van der Waals surface area contributed by atoms with Crippen molar-refractivity contribution in [2.24, 2.45) is 5.92 Å². The molecule has 0 radical (unpaired) electrons. The van der Waals surface area contributed by atoms with Gasteiger partial charge in [-0.3, -0.25) is 10.1 Å². The van der Waals surface area contributed by atoms with Crippen LogP contribution in [0.25, 0.3) is 0 Å². The summed E-state index contributed by atoms with van der Waals surface area (Å²) in [5.41, 5.74) is -0.129. The van der Waals surface area contributed by atoms with Gasteiger partial charge in [-0.05, 0) is 69.7 Å². The maximum atomic E-state index is 12.4. The number of rotatable bonds is 15. The Morgan fingerprint density at radius 2 is 1.78 bits per heavy atom. The van der Waals surface area contributed by atoms with Crippen molar-refractivity contribution in [3.05, 3.63) is 34.4 Å². The van der Waals surface area contributed by atoms with Crippen molar-refractivity contribution >= 4 is 15.7 Å². The van der Waals surface area contributed by atoms with Gasteiger partial charge in [0.2, 0.25) is 10.0 Å². The van der Waals surface area contributed by atoms with Crippen molar-refractivity contribution < 1.29 is 22.8 Å². The SMILES string of the molecule is CCN(CCCCOC1CCC(CNS(=O)(=O)c2ccc([N+](=O)[O-])cc2)CC1)CCOC. The highest BCUT2D eigenvalue weighted by molar-refractivity contribution is 7.89. The lowest BCUT2D eigenvalue weighted by Crippen LogP contribution is -2.33. The van der Waals surface area contributed by atoms with E-state index in [2.05, 4.69) is 16.5 Å². The quantitative estimate of drug-likeness (QED) is 0.237. The molecule has 0 spiro atoms. The van der Waals surface area contributed by atoms with Crippen molar-refractivity contribution in [3.8, 4) is 0 Å². The monoisotopic (exact) mass is 471 g/mol. The van der Waals surface area contributed by atoms with Crippen LogP contribution in [0, 0.1) is 16.0 Å². The number of hydrogen-bond acceptors (Lipinski definition) is 7. The van der Waals surface area contributed by atoms with Gasteiger partial charge in [0, 0.05) is 38.9 Å². The molecule has 0 unspecified atom stereocenters. The average molecular weight is 472 g/mol. The van der Waals surface area contributed by atoms with E-state index in [-0.39, 0.29) is 22.6 Å². The predicted octanol–water partition coefficient (Wildman–Crippen LogP) is 3.20. The van der Waals surface area contributed by atoms with Gasteiger partial charge in [0.05, 0.1) is 22.5 Å². The zero-order chi connectivity index (χ0) is 23.4. The van der Waals surface area contributed by atoms with Crippen molar-refractivity contribution in [3.63, 3.8) is 0 Å². The summed E-state index contributed by atoms with van der Waals surface area (Å²) in [6.07, 6.45) is 6.14. The smallest absolute Gasteiger partial charge is 0.269 e. The number of likely N-dealkylation sites (N-methyl/N-ethyl adjacent to an activating group) is 1. The fourth-order valence-electron chi connectivity index (χ4n) is 3.90. The summed E-state index contributed by atoms with van der Waals surface area (Å²) < 4.78 is 38.7. The fraction of sp³-hybridized carbons (Fsp3) is 0.727. The molecule has 1 aromatic carbocycles. The first-order valence-corrected chi connectivity index (χ1v) is 12.9. The summed E-state index contributed by atoms with van der Waals surface area (Å²) in [5, 5.41) is 10.7. The van der Waals surface area contributed by atoms with E-state index in [0.717, 1.165) is 71.4 Å². The zero-order valence-electron chi connectivity index (χ0n) is 19.2. The molecule has 0 aromatic heterocycles. The first kappa shape index (κ1) is 26.7. The molecule has 0 aliphatic heterocycles. The van der Waals surface area contributed by atoms with Crippen LogP contribution in [0.2, 0.25) is 0 Å².